The number of carboxylic acids is 1. The predicted octanol–water partition coefficient (Wildman–Crippen LogP) is 0.502. The summed E-state index contributed by atoms with van der Waals surface area (Å²) in [7, 11) is 0. The Hall–Kier alpha value is -0.380. The summed E-state index contributed by atoms with van der Waals surface area (Å²) in [5.41, 5.74) is 0.727. The van der Waals surface area contributed by atoms with Crippen molar-refractivity contribution < 1.29 is 14.7 Å². The van der Waals surface area contributed by atoms with Crippen molar-refractivity contribution in [2.75, 3.05) is 0 Å². The van der Waals surface area contributed by atoms with Crippen LogP contribution in [0.1, 0.15) is 5.56 Å². The Morgan fingerprint density at radius 1 is 1.15 bits per heavy atom. The van der Waals surface area contributed by atoms with E-state index >= 15 is 0 Å². The van der Waals surface area contributed by atoms with Crippen LogP contribution in [0.5, 0.6) is 0 Å². The Labute approximate surface area is 106 Å². The molecule has 0 saturated heterocycles. The smallest absolute Gasteiger partial charge is 0.475 e. The number of benzene rings is 1. The van der Waals surface area contributed by atoms with Gasteiger partial charge in [-0.1, -0.05) is 30.3 Å². The number of hydrogen-bond donors (Lipinski definition) is 1. The number of hydrogen-bond acceptors (Lipinski definition) is 2. The summed E-state index contributed by atoms with van der Waals surface area (Å²) in [4.78, 5) is 20.9. The van der Waals surface area contributed by atoms with Gasteiger partial charge in [-0.05, 0) is 5.56 Å². The second-order valence-electron chi connectivity index (χ2n) is 2.39. The quantitative estimate of drug-likeness (QED) is 0.576. The SMILES string of the molecule is O=C(O)C(=O)Cc1ccccc1.[Ca+2]. The monoisotopic (exact) mass is 204 g/mol. The molecule has 3 nitrogen and oxygen atoms in total. The van der Waals surface area contributed by atoms with Gasteiger partial charge >= 0.3 is 43.7 Å². The van der Waals surface area contributed by atoms with Crippen molar-refractivity contribution in [3.05, 3.63) is 35.9 Å². The molecule has 0 heterocycles. The van der Waals surface area contributed by atoms with E-state index in [1.165, 1.54) is 0 Å². The molecule has 13 heavy (non-hydrogen) atoms. The molecule has 0 spiro atoms. The molecule has 4 heteroatoms. The average Bonchev–Trinajstić information content (AvgIpc) is 2.06. The number of aliphatic carboxylic acids is 1. The minimum atomic E-state index is -1.38. The fraction of sp³-hybridized carbons (Fsp3) is 0.111. The zero-order chi connectivity index (χ0) is 8.97. The van der Waals surface area contributed by atoms with Gasteiger partial charge in [0.25, 0.3) is 0 Å². The summed E-state index contributed by atoms with van der Waals surface area (Å²) in [5, 5.41) is 8.29. The molecule has 0 aromatic heterocycles. The third kappa shape index (κ3) is 4.41. The molecule has 0 amide bonds. The van der Waals surface area contributed by atoms with Crippen LogP contribution in [0.25, 0.3) is 0 Å². The van der Waals surface area contributed by atoms with Crippen LogP contribution >= 0.6 is 0 Å². The third-order valence-corrected chi connectivity index (χ3v) is 1.45. The molecule has 0 radical (unpaired) electrons. The summed E-state index contributed by atoms with van der Waals surface area (Å²) in [6.45, 7) is 0. The van der Waals surface area contributed by atoms with Crippen molar-refractivity contribution in [1.82, 2.24) is 0 Å². The molecule has 0 aliphatic carbocycles. The number of Topliss-reactive ketones (excluding diaryl/α,β-unsaturated/α-hetero) is 1. The summed E-state index contributed by atoms with van der Waals surface area (Å²) in [5.74, 6) is -2.15. The van der Waals surface area contributed by atoms with Gasteiger partial charge in [0.2, 0.25) is 5.78 Å². The number of rotatable bonds is 3. The van der Waals surface area contributed by atoms with E-state index in [2.05, 4.69) is 0 Å². The van der Waals surface area contributed by atoms with Crippen LogP contribution in [0, 0.1) is 0 Å². The van der Waals surface area contributed by atoms with Gasteiger partial charge in [-0.2, -0.15) is 0 Å². The Morgan fingerprint density at radius 2 is 1.69 bits per heavy atom. The second-order valence-corrected chi connectivity index (χ2v) is 2.39. The summed E-state index contributed by atoms with van der Waals surface area (Å²) in [6.07, 6.45) is -0.0316. The normalized spacial score (nSPS) is 8.62. The Morgan fingerprint density at radius 3 is 2.15 bits per heavy atom. The second kappa shape index (κ2) is 6.13. The summed E-state index contributed by atoms with van der Waals surface area (Å²) in [6, 6.07) is 8.80. The molecule has 0 unspecified atom stereocenters. The average molecular weight is 204 g/mol. The van der Waals surface area contributed by atoms with Gasteiger partial charge in [-0.3, -0.25) is 4.79 Å². The Balaban J connectivity index is 0.00000144. The molecule has 0 aliphatic rings. The fourth-order valence-electron chi connectivity index (χ4n) is 0.857. The molecule has 0 bridgehead atoms. The molecule has 0 saturated carbocycles. The minimum absolute atomic E-state index is 0. The van der Waals surface area contributed by atoms with E-state index in [1.54, 1.807) is 24.3 Å². The summed E-state index contributed by atoms with van der Waals surface area (Å²) < 4.78 is 0. The molecule has 0 fully saturated rings. The van der Waals surface area contributed by atoms with Crippen molar-refractivity contribution in [3.8, 4) is 0 Å². The van der Waals surface area contributed by atoms with E-state index in [1.807, 2.05) is 6.07 Å². The first-order chi connectivity index (χ1) is 5.70. The van der Waals surface area contributed by atoms with Crippen LogP contribution in [0.3, 0.4) is 0 Å². The van der Waals surface area contributed by atoms with Crippen LogP contribution in [0.15, 0.2) is 30.3 Å². The van der Waals surface area contributed by atoms with Gasteiger partial charge in [-0.15, -0.1) is 0 Å². The number of carboxylic acid groups (broad SMARTS) is 1. The van der Waals surface area contributed by atoms with Gasteiger partial charge < -0.3 is 5.11 Å². The van der Waals surface area contributed by atoms with Crippen LogP contribution in [-0.2, 0) is 16.0 Å². The first kappa shape index (κ1) is 12.6. The zero-order valence-corrected chi connectivity index (χ0v) is 9.27. The maximum Gasteiger partial charge on any atom is 2.00 e. The van der Waals surface area contributed by atoms with Gasteiger partial charge in [0, 0.05) is 6.42 Å². The Kier molecular flexibility index (Phi) is 5.95. The molecule has 1 aromatic carbocycles. The van der Waals surface area contributed by atoms with E-state index in [0.29, 0.717) is 0 Å². The molecular weight excluding hydrogens is 196 g/mol. The van der Waals surface area contributed by atoms with E-state index in [4.69, 9.17) is 5.11 Å². The van der Waals surface area contributed by atoms with E-state index in [-0.39, 0.29) is 44.2 Å². The topological polar surface area (TPSA) is 54.4 Å². The van der Waals surface area contributed by atoms with Crippen LogP contribution in [0.4, 0.5) is 0 Å². The predicted molar refractivity (Wildman–Crippen MR) is 48.5 cm³/mol. The van der Waals surface area contributed by atoms with Crippen molar-refractivity contribution in [1.29, 1.82) is 0 Å². The first-order valence-electron chi connectivity index (χ1n) is 3.50. The van der Waals surface area contributed by atoms with Crippen LogP contribution in [-0.4, -0.2) is 54.6 Å². The Bertz CT molecular complexity index is 295. The summed E-state index contributed by atoms with van der Waals surface area (Å²) >= 11 is 0. The van der Waals surface area contributed by atoms with Crippen molar-refractivity contribution in [3.63, 3.8) is 0 Å². The van der Waals surface area contributed by atoms with Crippen molar-refractivity contribution >= 4 is 49.5 Å². The molecule has 0 aliphatic heterocycles. The molecule has 0 atom stereocenters. The maximum absolute atomic E-state index is 10.7. The van der Waals surface area contributed by atoms with Gasteiger partial charge in [-0.25, -0.2) is 4.79 Å². The largest absolute Gasteiger partial charge is 2.00 e. The zero-order valence-electron chi connectivity index (χ0n) is 7.06. The standard InChI is InChI=1S/C9H8O3.Ca/c10-8(9(11)12)6-7-4-2-1-3-5-7;/h1-5H,6H2,(H,11,12);/q;+2. The third-order valence-electron chi connectivity index (χ3n) is 1.45. The van der Waals surface area contributed by atoms with Gasteiger partial charge in [0.15, 0.2) is 0 Å². The number of carbonyl (C=O) groups excluding carboxylic acids is 1. The maximum atomic E-state index is 10.7. The first-order valence-corrected chi connectivity index (χ1v) is 3.50. The van der Waals surface area contributed by atoms with Gasteiger partial charge in [0.05, 0.1) is 0 Å². The number of ketones is 1. The van der Waals surface area contributed by atoms with Crippen molar-refractivity contribution in [2.45, 2.75) is 6.42 Å². The van der Waals surface area contributed by atoms with E-state index in [9.17, 15) is 9.59 Å². The minimum Gasteiger partial charge on any atom is -0.475 e. The van der Waals surface area contributed by atoms with E-state index < -0.39 is 11.8 Å². The molecule has 1 N–H and O–H groups in total. The van der Waals surface area contributed by atoms with Crippen molar-refractivity contribution in [2.24, 2.45) is 0 Å². The van der Waals surface area contributed by atoms with E-state index in [0.717, 1.165) is 5.56 Å². The number of carbonyl (C=O) groups is 2. The molecule has 1 aromatic rings. The molecule has 1 rings (SSSR count). The molecular formula is C9H8CaO3+2. The van der Waals surface area contributed by atoms with Crippen LogP contribution in [0.2, 0.25) is 0 Å². The molecule has 62 valence electrons. The van der Waals surface area contributed by atoms with Crippen LogP contribution < -0.4 is 0 Å². The van der Waals surface area contributed by atoms with Gasteiger partial charge in [0.1, 0.15) is 0 Å². The fourth-order valence-corrected chi connectivity index (χ4v) is 0.857.